The summed E-state index contributed by atoms with van der Waals surface area (Å²) in [6.45, 7) is 13.6. The maximum Gasteiger partial charge on any atom is 0.489 e. The predicted molar refractivity (Wildman–Crippen MR) is 332 cm³/mol. The summed E-state index contributed by atoms with van der Waals surface area (Å²) in [6, 6.07) is 39.6. The molecule has 0 bridgehead atoms. The molecule has 6 heterocycles. The van der Waals surface area contributed by atoms with E-state index in [2.05, 4.69) is 85.2 Å². The minimum absolute atomic E-state index is 0.132. The van der Waals surface area contributed by atoms with Gasteiger partial charge < -0.3 is 29.1 Å². The SMILES string of the molecule is CCC[I-]C.Cc1ccc2ncccc2c1-c1cc(-c2c(C)noc2C)cc2[nH]c(NS(=O)(=O)c3ccccc3)nc12.Cc1ccc2ncccc2c1B(O)O.Cc1noc(C)c1-c1cc(I)c2nc(NS(=O)(=O)c3ccccc3)[nH]c2c1. The third-order valence-corrected chi connectivity index (χ3v) is 19.0. The van der Waals surface area contributed by atoms with Crippen molar-refractivity contribution in [1.82, 2.24) is 40.2 Å². The molecule has 0 radical (unpaired) electrons. The average Bonchev–Trinajstić information content (AvgIpc) is 4.04. The van der Waals surface area contributed by atoms with Crippen LogP contribution in [0.5, 0.6) is 0 Å². The van der Waals surface area contributed by atoms with Crippen molar-refractivity contribution in [1.29, 1.82) is 0 Å². The zero-order chi connectivity index (χ0) is 59.2. The van der Waals surface area contributed by atoms with Crippen LogP contribution >= 0.6 is 22.6 Å². The van der Waals surface area contributed by atoms with Gasteiger partial charge in [-0.05, 0) is 165 Å². The number of nitrogens with one attached hydrogen (secondary N) is 4. The fourth-order valence-corrected chi connectivity index (χ4v) is 13.4. The van der Waals surface area contributed by atoms with Gasteiger partial charge in [-0.15, -0.1) is 0 Å². The van der Waals surface area contributed by atoms with Crippen molar-refractivity contribution < 1.29 is 57.1 Å². The number of nitrogens with zero attached hydrogens (tertiary/aromatic N) is 6. The molecule has 6 aromatic heterocycles. The summed E-state index contributed by atoms with van der Waals surface area (Å²) in [7, 11) is -8.98. The Hall–Kier alpha value is -7.56. The fraction of sp³-hybridized carbons (Fsp3) is 0.167. The zero-order valence-corrected chi connectivity index (χ0v) is 52.4. The van der Waals surface area contributed by atoms with Crippen molar-refractivity contribution in [2.45, 2.75) is 64.7 Å². The van der Waals surface area contributed by atoms with Gasteiger partial charge in [0.25, 0.3) is 20.0 Å². The van der Waals surface area contributed by atoms with Crippen molar-refractivity contribution in [3.8, 4) is 33.4 Å². The van der Waals surface area contributed by atoms with Gasteiger partial charge in [0.2, 0.25) is 11.9 Å². The van der Waals surface area contributed by atoms with Gasteiger partial charge in [0.1, 0.15) is 17.0 Å². The minimum Gasteiger partial charge on any atom is -0.423 e. The van der Waals surface area contributed by atoms with Crippen molar-refractivity contribution in [3.05, 3.63) is 183 Å². The van der Waals surface area contributed by atoms with Gasteiger partial charge in [-0.2, -0.15) is 0 Å². The van der Waals surface area contributed by atoms with Gasteiger partial charge >= 0.3 is 51.0 Å². The first-order valence-electron chi connectivity index (χ1n) is 26.0. The molecule has 0 amide bonds. The maximum absolute atomic E-state index is 13.0. The van der Waals surface area contributed by atoms with E-state index in [1.165, 1.54) is 23.0 Å². The molecule has 426 valence electrons. The molecule has 0 saturated carbocycles. The third-order valence-electron chi connectivity index (χ3n) is 13.3. The molecule has 0 fully saturated rings. The van der Waals surface area contributed by atoms with Gasteiger partial charge in [0.15, 0.2) is 0 Å². The van der Waals surface area contributed by atoms with E-state index in [1.54, 1.807) is 67.0 Å². The van der Waals surface area contributed by atoms with E-state index in [9.17, 15) is 26.9 Å². The number of alkyl halides is 2. The quantitative estimate of drug-likeness (QED) is 0.0379. The number of fused-ring (bicyclic) bond motifs is 4. The standard InChI is InChI=1S/C28H23N5O3S.C18H15IN4O3S.C10H10BNO2.C4H10I/c1-16-11-12-23-21(10-7-13-29-23)25(16)22-14-19(26-17(2)32-36-18(26)3)15-24-27(22)31-28(30-24)33-37(34,35)20-8-5-4-6-9-20;1-10-16(11(2)26-22-10)12-8-14(19)17-15(9-12)20-18(21-17)23-27(24,25)13-6-4-3-5-7-13;1-7-4-5-9-8(3-2-6-12-9)10(7)11(13)14;1-3-4-5-2/h4-15H,1-3H3,(H2,30,31,33);3-9H,1-2H3,(H2,20,21,23);2-6,13-14H,1H3;3-4H2,1-2H3/q;;;-1. The molecule has 23 heteroatoms. The summed E-state index contributed by atoms with van der Waals surface area (Å²) in [4.78, 5) is 26.7. The molecule has 0 aliphatic carbocycles. The third kappa shape index (κ3) is 13.4. The number of halogens is 2. The summed E-state index contributed by atoms with van der Waals surface area (Å²) >= 11 is 2.79. The first-order valence-corrected chi connectivity index (χ1v) is 33.7. The van der Waals surface area contributed by atoms with Crippen LogP contribution in [0, 0.1) is 45.1 Å². The monoisotopic (exact) mass is 1380 g/mol. The molecular weight excluding hydrogens is 1320 g/mol. The van der Waals surface area contributed by atoms with Crippen LogP contribution in [0.4, 0.5) is 11.9 Å². The number of sulfonamides is 2. The van der Waals surface area contributed by atoms with Crippen molar-refractivity contribution in [2.24, 2.45) is 0 Å². The van der Waals surface area contributed by atoms with Gasteiger partial charge in [-0.3, -0.25) is 9.97 Å². The van der Waals surface area contributed by atoms with Crippen LogP contribution in [0.25, 0.3) is 77.3 Å². The first kappa shape index (κ1) is 60.0. The van der Waals surface area contributed by atoms with Gasteiger partial charge in [0.05, 0.1) is 48.8 Å². The molecule has 0 unspecified atom stereocenters. The average molecular weight is 1380 g/mol. The van der Waals surface area contributed by atoms with Crippen LogP contribution in [0.15, 0.2) is 165 Å². The Balaban J connectivity index is 0.000000156. The Morgan fingerprint density at radius 3 is 1.55 bits per heavy atom. The molecule has 12 aromatic rings. The van der Waals surface area contributed by atoms with E-state index in [1.807, 2.05) is 102 Å². The Morgan fingerprint density at radius 1 is 0.590 bits per heavy atom. The molecule has 0 spiro atoms. The predicted octanol–water partition coefficient (Wildman–Crippen LogP) is 8.74. The number of aryl methyl sites for hydroxylation is 6. The van der Waals surface area contributed by atoms with Crippen molar-refractivity contribution in [3.63, 3.8) is 0 Å². The number of pyridine rings is 2. The number of anilines is 2. The second-order valence-electron chi connectivity index (χ2n) is 19.2. The molecule has 0 atom stereocenters. The molecule has 6 aromatic carbocycles. The number of hydrogen-bond acceptors (Lipinski definition) is 14. The van der Waals surface area contributed by atoms with E-state index in [0.29, 0.717) is 49.0 Å². The van der Waals surface area contributed by atoms with Crippen molar-refractivity contribution >= 4 is 111 Å². The van der Waals surface area contributed by atoms with E-state index in [4.69, 9.17) is 14.0 Å². The summed E-state index contributed by atoms with van der Waals surface area (Å²) in [5.41, 5.74) is 13.9. The Bertz CT molecular complexity index is 4480. The smallest absolute Gasteiger partial charge is 0.423 e. The second-order valence-corrected chi connectivity index (χ2v) is 26.3. The minimum atomic E-state index is -3.83. The zero-order valence-electron chi connectivity index (χ0n) is 46.4. The van der Waals surface area contributed by atoms with Crippen LogP contribution in [0.1, 0.15) is 47.4 Å². The molecule has 18 nitrogen and oxygen atoms in total. The Kier molecular flexibility index (Phi) is 18.8. The van der Waals surface area contributed by atoms with Crippen LogP contribution in [0.3, 0.4) is 0 Å². The largest absolute Gasteiger partial charge is 0.489 e. The van der Waals surface area contributed by atoms with Crippen LogP contribution in [-0.2, 0) is 20.0 Å². The summed E-state index contributed by atoms with van der Waals surface area (Å²) < 4.78 is 69.2. The van der Waals surface area contributed by atoms with Gasteiger partial charge in [0, 0.05) is 43.4 Å². The molecule has 0 aliphatic rings. The van der Waals surface area contributed by atoms with E-state index < -0.39 is 27.2 Å². The summed E-state index contributed by atoms with van der Waals surface area (Å²) in [5.74, 6) is 1.73. The van der Waals surface area contributed by atoms with Gasteiger partial charge in [-0.1, -0.05) is 76.5 Å². The molecule has 6 N–H and O–H groups in total. The fourth-order valence-electron chi connectivity index (χ4n) is 9.57. The number of aromatic amines is 2. The van der Waals surface area contributed by atoms with Crippen LogP contribution < -0.4 is 36.1 Å². The number of benzene rings is 6. The summed E-state index contributed by atoms with van der Waals surface area (Å²) in [6.07, 6.45) is 4.84. The number of rotatable bonds is 12. The Morgan fingerprint density at radius 2 is 1.07 bits per heavy atom. The second kappa shape index (κ2) is 25.9. The maximum atomic E-state index is 13.0. The van der Waals surface area contributed by atoms with E-state index >= 15 is 0 Å². The molecule has 83 heavy (non-hydrogen) atoms. The molecule has 0 saturated heterocycles. The van der Waals surface area contributed by atoms with E-state index in [0.717, 1.165) is 92.5 Å². The van der Waals surface area contributed by atoms with Crippen molar-refractivity contribution in [2.75, 3.05) is 18.8 Å². The molecule has 12 rings (SSSR count). The molecular formula is C60H58BI2N10O8S2-. The topological polar surface area (TPSA) is 268 Å². The number of H-pyrrole nitrogens is 2. The molecule has 0 aliphatic heterocycles. The normalized spacial score (nSPS) is 11.5. The number of imidazole rings is 2. The van der Waals surface area contributed by atoms with E-state index in [-0.39, 0.29) is 21.7 Å². The van der Waals surface area contributed by atoms with Crippen LogP contribution in [-0.4, -0.2) is 83.6 Å². The number of hydrogen-bond donors (Lipinski definition) is 6. The Labute approximate surface area is 504 Å². The summed E-state index contributed by atoms with van der Waals surface area (Å²) in [5, 5.41) is 28.4. The number of aromatic nitrogens is 8. The van der Waals surface area contributed by atoms with Gasteiger partial charge in [-0.25, -0.2) is 36.2 Å². The first-order chi connectivity index (χ1) is 39.8. The van der Waals surface area contributed by atoms with Crippen LogP contribution in [0.2, 0.25) is 0 Å².